The molecule has 1 heterocycles. The van der Waals surface area contributed by atoms with E-state index >= 15 is 0 Å². The summed E-state index contributed by atoms with van der Waals surface area (Å²) < 4.78 is 4.88. The number of aryl methyl sites for hydroxylation is 1. The molecule has 1 amide bonds. The van der Waals surface area contributed by atoms with Crippen LogP contribution in [-0.2, 0) is 11.2 Å². The van der Waals surface area contributed by atoms with Crippen molar-refractivity contribution in [1.82, 2.24) is 5.16 Å². The zero-order valence-corrected chi connectivity index (χ0v) is 10.5. The van der Waals surface area contributed by atoms with Gasteiger partial charge in [0.05, 0.1) is 11.7 Å². The number of carbonyl (C=O) groups excluding carboxylic acids is 1. The van der Waals surface area contributed by atoms with E-state index in [9.17, 15) is 4.79 Å². The van der Waals surface area contributed by atoms with Crippen molar-refractivity contribution < 1.29 is 14.4 Å². The molecule has 0 spiro atoms. The number of hydrogen-bond acceptors (Lipinski definition) is 5. The van der Waals surface area contributed by atoms with Gasteiger partial charge in [-0.2, -0.15) is 0 Å². The normalized spacial score (nSPS) is 12.1. The van der Waals surface area contributed by atoms with Gasteiger partial charge in [0.2, 0.25) is 11.8 Å². The van der Waals surface area contributed by atoms with Gasteiger partial charge in [-0.1, -0.05) is 17.3 Å². The van der Waals surface area contributed by atoms with Crippen molar-refractivity contribution in [3.05, 3.63) is 41.6 Å². The summed E-state index contributed by atoms with van der Waals surface area (Å²) in [6.07, 6.45) is 0.374. The monoisotopic (exact) mass is 261 g/mol. The van der Waals surface area contributed by atoms with Crippen molar-refractivity contribution in [2.75, 3.05) is 5.32 Å². The zero-order valence-electron chi connectivity index (χ0n) is 10.5. The number of aromatic nitrogens is 1. The number of phenols is 1. The topological polar surface area (TPSA) is 101 Å². The van der Waals surface area contributed by atoms with Gasteiger partial charge >= 0.3 is 0 Å². The van der Waals surface area contributed by atoms with E-state index in [-0.39, 0.29) is 17.5 Å². The molecule has 1 unspecified atom stereocenters. The van der Waals surface area contributed by atoms with Crippen LogP contribution in [-0.4, -0.2) is 22.2 Å². The number of carbonyl (C=O) groups is 1. The molecule has 100 valence electrons. The lowest BCUT2D eigenvalue weighted by atomic mass is 10.1. The molecule has 0 saturated heterocycles. The SMILES string of the molecule is Cc1cc(NC(=O)C(N)Cc2ccc(O)cc2)on1. The molecule has 0 aliphatic carbocycles. The molecule has 19 heavy (non-hydrogen) atoms. The van der Waals surface area contributed by atoms with E-state index in [1.165, 1.54) is 0 Å². The molecule has 6 nitrogen and oxygen atoms in total. The van der Waals surface area contributed by atoms with Crippen molar-refractivity contribution in [3.8, 4) is 5.75 Å². The van der Waals surface area contributed by atoms with E-state index in [1.807, 2.05) is 0 Å². The minimum absolute atomic E-state index is 0.180. The molecule has 0 saturated carbocycles. The molecule has 2 aromatic rings. The van der Waals surface area contributed by atoms with E-state index in [0.717, 1.165) is 5.56 Å². The van der Waals surface area contributed by atoms with E-state index in [2.05, 4.69) is 10.5 Å². The van der Waals surface area contributed by atoms with Gasteiger partial charge in [-0.3, -0.25) is 10.1 Å². The molecule has 2 rings (SSSR count). The predicted molar refractivity (Wildman–Crippen MR) is 69.7 cm³/mol. The first-order chi connectivity index (χ1) is 9.04. The fourth-order valence-electron chi connectivity index (χ4n) is 1.62. The number of hydrogen-bond donors (Lipinski definition) is 3. The fourth-order valence-corrected chi connectivity index (χ4v) is 1.62. The predicted octanol–water partition coefficient (Wildman–Crippen LogP) is 1.20. The standard InChI is InChI=1S/C13H15N3O3/c1-8-6-12(19-16-8)15-13(18)11(14)7-9-2-4-10(17)5-3-9/h2-6,11,17H,7,14H2,1H3,(H,15,18). The Balaban J connectivity index is 1.94. The highest BCUT2D eigenvalue weighted by molar-refractivity contribution is 5.93. The molecule has 1 aromatic heterocycles. The maximum Gasteiger partial charge on any atom is 0.244 e. The molecule has 0 radical (unpaired) electrons. The molecule has 6 heteroatoms. The summed E-state index contributed by atoms with van der Waals surface area (Å²) in [7, 11) is 0. The number of nitrogens with zero attached hydrogens (tertiary/aromatic N) is 1. The van der Waals surface area contributed by atoms with Crippen molar-refractivity contribution >= 4 is 11.8 Å². The summed E-state index contributed by atoms with van der Waals surface area (Å²) in [6, 6.07) is 7.47. The maximum atomic E-state index is 11.8. The van der Waals surface area contributed by atoms with Crippen LogP contribution >= 0.6 is 0 Å². The lowest BCUT2D eigenvalue weighted by molar-refractivity contribution is -0.117. The van der Waals surface area contributed by atoms with Gasteiger partial charge in [-0.15, -0.1) is 0 Å². The Bertz CT molecular complexity index is 563. The Hall–Kier alpha value is -2.34. The second-order valence-electron chi connectivity index (χ2n) is 4.30. The number of nitrogens with two attached hydrogens (primary N) is 1. The van der Waals surface area contributed by atoms with Gasteiger partial charge in [-0.25, -0.2) is 0 Å². The summed E-state index contributed by atoms with van der Waals surface area (Å²) >= 11 is 0. The average Bonchev–Trinajstić information content (AvgIpc) is 2.77. The van der Waals surface area contributed by atoms with Crippen molar-refractivity contribution in [3.63, 3.8) is 0 Å². The summed E-state index contributed by atoms with van der Waals surface area (Å²) in [5.74, 6) is 0.117. The molecular formula is C13H15N3O3. The van der Waals surface area contributed by atoms with Crippen molar-refractivity contribution in [2.45, 2.75) is 19.4 Å². The first kappa shape index (κ1) is 13.1. The summed E-state index contributed by atoms with van der Waals surface area (Å²) in [5.41, 5.74) is 7.36. The minimum Gasteiger partial charge on any atom is -0.508 e. The average molecular weight is 261 g/mol. The van der Waals surface area contributed by atoms with E-state index in [0.29, 0.717) is 12.1 Å². The van der Waals surface area contributed by atoms with Gasteiger partial charge < -0.3 is 15.4 Å². The Kier molecular flexibility index (Phi) is 3.82. The Morgan fingerprint density at radius 1 is 1.47 bits per heavy atom. The van der Waals surface area contributed by atoms with Crippen molar-refractivity contribution in [1.29, 1.82) is 0 Å². The number of nitrogens with one attached hydrogen (secondary N) is 1. The molecule has 1 atom stereocenters. The van der Waals surface area contributed by atoms with Crippen LogP contribution in [0, 0.1) is 6.92 Å². The van der Waals surface area contributed by atoms with Crippen molar-refractivity contribution in [2.24, 2.45) is 5.73 Å². The third kappa shape index (κ3) is 3.56. The van der Waals surface area contributed by atoms with Gasteiger partial charge in [0.25, 0.3) is 0 Å². The number of phenolic OH excluding ortho intramolecular Hbond substituents is 1. The third-order valence-corrected chi connectivity index (χ3v) is 2.60. The van der Waals surface area contributed by atoms with Crippen LogP contribution in [0.15, 0.2) is 34.9 Å². The van der Waals surface area contributed by atoms with Crippen LogP contribution in [0.3, 0.4) is 0 Å². The fraction of sp³-hybridized carbons (Fsp3) is 0.231. The number of benzene rings is 1. The number of aromatic hydroxyl groups is 1. The second-order valence-corrected chi connectivity index (χ2v) is 4.30. The lowest BCUT2D eigenvalue weighted by Gasteiger charge is -2.10. The molecule has 1 aromatic carbocycles. The highest BCUT2D eigenvalue weighted by atomic mass is 16.5. The van der Waals surface area contributed by atoms with Crippen LogP contribution in [0.2, 0.25) is 0 Å². The number of rotatable bonds is 4. The highest BCUT2D eigenvalue weighted by Gasteiger charge is 2.16. The Morgan fingerprint density at radius 2 is 2.16 bits per heavy atom. The summed E-state index contributed by atoms with van der Waals surface area (Å²) in [4.78, 5) is 11.8. The first-order valence-electron chi connectivity index (χ1n) is 5.82. The Morgan fingerprint density at radius 3 is 2.74 bits per heavy atom. The van der Waals surface area contributed by atoms with Gasteiger partial charge in [0, 0.05) is 6.07 Å². The largest absolute Gasteiger partial charge is 0.508 e. The highest BCUT2D eigenvalue weighted by Crippen LogP contribution is 2.12. The van der Waals surface area contributed by atoms with E-state index in [1.54, 1.807) is 37.3 Å². The molecule has 4 N–H and O–H groups in total. The molecule has 0 aliphatic heterocycles. The summed E-state index contributed by atoms with van der Waals surface area (Å²) in [6.45, 7) is 1.76. The van der Waals surface area contributed by atoms with Crippen LogP contribution in [0.4, 0.5) is 5.88 Å². The maximum absolute atomic E-state index is 11.8. The minimum atomic E-state index is -0.699. The second kappa shape index (κ2) is 5.53. The third-order valence-electron chi connectivity index (χ3n) is 2.60. The van der Waals surface area contributed by atoms with Crippen LogP contribution in [0.25, 0.3) is 0 Å². The molecule has 0 fully saturated rings. The van der Waals surface area contributed by atoms with Gasteiger partial charge in [0.1, 0.15) is 5.75 Å². The summed E-state index contributed by atoms with van der Waals surface area (Å²) in [5, 5.41) is 15.4. The van der Waals surface area contributed by atoms with Crippen LogP contribution < -0.4 is 11.1 Å². The molecule has 0 bridgehead atoms. The van der Waals surface area contributed by atoms with Crippen LogP contribution in [0.1, 0.15) is 11.3 Å². The van der Waals surface area contributed by atoms with E-state index in [4.69, 9.17) is 15.4 Å². The number of anilines is 1. The first-order valence-corrected chi connectivity index (χ1v) is 5.82. The van der Waals surface area contributed by atoms with Gasteiger partial charge in [-0.05, 0) is 31.0 Å². The Labute approximate surface area is 110 Å². The number of amides is 1. The quantitative estimate of drug-likeness (QED) is 0.767. The smallest absolute Gasteiger partial charge is 0.244 e. The van der Waals surface area contributed by atoms with Gasteiger partial charge in [0.15, 0.2) is 0 Å². The molecular weight excluding hydrogens is 246 g/mol. The van der Waals surface area contributed by atoms with Crippen LogP contribution in [0.5, 0.6) is 5.75 Å². The molecule has 0 aliphatic rings. The van der Waals surface area contributed by atoms with E-state index < -0.39 is 6.04 Å². The zero-order chi connectivity index (χ0) is 13.8. The lowest BCUT2D eigenvalue weighted by Crippen LogP contribution is -2.37.